The molecule has 5 aromatic heterocycles. The lowest BCUT2D eigenvalue weighted by Gasteiger charge is -2.31. The number of hydrogen-bond donors (Lipinski definition) is 0. The average Bonchev–Trinajstić information content (AvgIpc) is 1.82. The van der Waals surface area contributed by atoms with Crippen LogP contribution in [0.25, 0.3) is 85.9 Å². The molecule has 0 amide bonds. The molecule has 0 unspecified atom stereocenters. The van der Waals surface area contributed by atoms with E-state index in [2.05, 4.69) is 81.2 Å². The minimum absolute atomic E-state index is 0.0826. The van der Waals surface area contributed by atoms with E-state index in [1.165, 1.54) is 0 Å². The van der Waals surface area contributed by atoms with Gasteiger partial charge >= 0.3 is 11.9 Å². The molecule has 2 atom stereocenters. The lowest BCUT2D eigenvalue weighted by atomic mass is 9.91. The smallest absolute Gasteiger partial charge is 0.311 e. The number of pyridine rings is 2. The SMILES string of the molecule is Cc1cc2nc(-c3cncc(-c4ccc5c(cnn5C)c4)c3)sc2c(-c2ccc(Cl)cc2)c1[C@@H](COC(=O)C(C)(C)C)OC(C)(C)C.Cc1cc2nc(-c3cncc(Br)c3)sc2c(-c2ccc(Cl)cc2)c1[C@@H](COC(=O)C(C)(C)C)OC(C)(C)C. The number of aryl methyl sites for hydroxylation is 3. The van der Waals surface area contributed by atoms with Crippen molar-refractivity contribution in [1.82, 2.24) is 29.7 Å². The number of ether oxygens (including phenoxy) is 4. The predicted octanol–water partition coefficient (Wildman–Crippen LogP) is 19.2. The van der Waals surface area contributed by atoms with Gasteiger partial charge in [-0.3, -0.25) is 24.2 Å². The largest absolute Gasteiger partial charge is 0.462 e. The topological polar surface area (TPSA) is 140 Å². The van der Waals surface area contributed by atoms with Crippen LogP contribution in [0.1, 0.15) is 118 Å². The van der Waals surface area contributed by atoms with Crippen LogP contribution in [0.15, 0.2) is 126 Å². The molecule has 5 heterocycles. The second kappa shape index (κ2) is 25.1. The minimum atomic E-state index is -0.636. The highest BCUT2D eigenvalue weighted by atomic mass is 79.9. The quantitative estimate of drug-likeness (QED) is 0.102. The fraction of sp³-hybridized carbons (Fsp3) is 0.338. The van der Waals surface area contributed by atoms with Crippen LogP contribution in [0.3, 0.4) is 0 Å². The first-order chi connectivity index (χ1) is 39.9. The number of aromatic nitrogens is 6. The number of rotatable bonds is 13. The second-order valence-corrected chi connectivity index (χ2v) is 29.0. The molecule has 17 heteroatoms. The number of hydrogen-bond acceptors (Lipinski definition) is 13. The van der Waals surface area contributed by atoms with E-state index in [1.807, 2.05) is 174 Å². The Morgan fingerprint density at radius 2 is 0.965 bits per heavy atom. The fourth-order valence-electron chi connectivity index (χ4n) is 9.83. The molecule has 85 heavy (non-hydrogen) atoms. The van der Waals surface area contributed by atoms with Crippen LogP contribution in [-0.4, -0.2) is 66.1 Å². The molecule has 442 valence electrons. The third kappa shape index (κ3) is 15.0. The van der Waals surface area contributed by atoms with E-state index in [0.29, 0.717) is 10.0 Å². The molecule has 12 nitrogen and oxygen atoms in total. The van der Waals surface area contributed by atoms with Gasteiger partial charge in [-0.15, -0.1) is 22.7 Å². The number of esters is 2. The average molecular weight is 1280 g/mol. The summed E-state index contributed by atoms with van der Waals surface area (Å²) in [6, 6.07) is 30.3. The molecular weight excluding hydrogens is 1210 g/mol. The molecule has 0 saturated heterocycles. The third-order valence-electron chi connectivity index (χ3n) is 13.7. The van der Waals surface area contributed by atoms with Gasteiger partial charge in [-0.05, 0) is 212 Å². The van der Waals surface area contributed by atoms with Crippen molar-refractivity contribution in [2.75, 3.05) is 13.2 Å². The standard InChI is InChI=1S/C38H39ClN4O3S.C30H32BrClN2O3S/c1-22-15-29-34(47-35(42-29)27-17-25(18-40-19-27)24-11-14-30-26(16-24)20-41-43(30)8)33(23-9-12-28(39)13-10-23)32(22)31(46-38(5,6)7)21-45-36(44)37(2,3)4;1-17-12-22-26(38-27(34-22)19-13-20(31)15-33-14-19)25(18-8-10-21(32)11-9-18)24(17)23(37-30(5,6)7)16-36-28(35)29(2,3)4/h9-20,31H,21H2,1-8H3;8-15,23H,16H2,1-7H3/t31-;23-/m11/s1. The summed E-state index contributed by atoms with van der Waals surface area (Å²) in [4.78, 5) is 44.7. The Bertz CT molecular complexity index is 4090. The van der Waals surface area contributed by atoms with Gasteiger partial charge < -0.3 is 18.9 Å². The summed E-state index contributed by atoms with van der Waals surface area (Å²) in [7, 11) is 1.94. The van der Waals surface area contributed by atoms with Crippen molar-refractivity contribution in [3.63, 3.8) is 0 Å². The normalized spacial score (nSPS) is 13.0. The van der Waals surface area contributed by atoms with Gasteiger partial charge in [-0.25, -0.2) is 9.97 Å². The van der Waals surface area contributed by atoms with Crippen molar-refractivity contribution < 1.29 is 28.5 Å². The van der Waals surface area contributed by atoms with E-state index in [0.717, 1.165) is 113 Å². The van der Waals surface area contributed by atoms with Crippen LogP contribution in [-0.2, 0) is 35.6 Å². The maximum atomic E-state index is 12.9. The van der Waals surface area contributed by atoms with Crippen LogP contribution >= 0.6 is 61.8 Å². The van der Waals surface area contributed by atoms with Crippen molar-refractivity contribution in [3.05, 3.63) is 159 Å². The molecule has 0 aliphatic rings. The number of halogens is 3. The molecule has 0 fully saturated rings. The first-order valence-corrected chi connectivity index (χ1v) is 31.2. The van der Waals surface area contributed by atoms with Gasteiger partial charge in [0.25, 0.3) is 0 Å². The molecule has 0 N–H and O–H groups in total. The number of benzene rings is 5. The highest BCUT2D eigenvalue weighted by molar-refractivity contribution is 9.10. The maximum Gasteiger partial charge on any atom is 0.311 e. The van der Waals surface area contributed by atoms with Crippen molar-refractivity contribution >= 4 is 105 Å². The van der Waals surface area contributed by atoms with Gasteiger partial charge in [-0.1, -0.05) is 53.5 Å². The molecule has 5 aromatic carbocycles. The monoisotopic (exact) mass is 1280 g/mol. The van der Waals surface area contributed by atoms with E-state index in [-0.39, 0.29) is 25.2 Å². The van der Waals surface area contributed by atoms with E-state index in [4.69, 9.17) is 52.1 Å². The fourth-order valence-corrected chi connectivity index (χ4v) is 12.7. The predicted molar refractivity (Wildman–Crippen MR) is 351 cm³/mol. The van der Waals surface area contributed by atoms with Crippen LogP contribution in [0.4, 0.5) is 0 Å². The Balaban J connectivity index is 0.000000208. The number of thiazole rings is 2. The highest BCUT2D eigenvalue weighted by Crippen LogP contribution is 2.47. The summed E-state index contributed by atoms with van der Waals surface area (Å²) in [5.74, 6) is -0.545. The second-order valence-electron chi connectivity index (χ2n) is 25.2. The number of nitrogens with zero attached hydrogens (tertiary/aromatic N) is 6. The van der Waals surface area contributed by atoms with Gasteiger partial charge in [0.15, 0.2) is 0 Å². The van der Waals surface area contributed by atoms with E-state index in [9.17, 15) is 9.59 Å². The van der Waals surface area contributed by atoms with E-state index < -0.39 is 34.2 Å². The zero-order valence-corrected chi connectivity index (χ0v) is 55.4. The molecule has 10 rings (SSSR count). The highest BCUT2D eigenvalue weighted by Gasteiger charge is 2.33. The lowest BCUT2D eigenvalue weighted by Crippen LogP contribution is -2.30. The molecule has 10 aromatic rings. The molecule has 0 aliphatic carbocycles. The lowest BCUT2D eigenvalue weighted by molar-refractivity contribution is -0.162. The third-order valence-corrected chi connectivity index (χ3v) is 16.9. The summed E-state index contributed by atoms with van der Waals surface area (Å²) in [5, 5.41) is 8.50. The molecule has 0 saturated carbocycles. The summed E-state index contributed by atoms with van der Waals surface area (Å²) in [6.45, 7) is 27.5. The zero-order valence-electron chi connectivity index (χ0n) is 50.7. The first kappa shape index (κ1) is 63.1. The van der Waals surface area contributed by atoms with Crippen molar-refractivity contribution in [2.24, 2.45) is 17.9 Å². The Morgan fingerprint density at radius 1 is 0.541 bits per heavy atom. The van der Waals surface area contributed by atoms with Crippen LogP contribution in [0.5, 0.6) is 0 Å². The number of carbonyl (C=O) groups excluding carboxylic acids is 2. The van der Waals surface area contributed by atoms with Crippen LogP contribution < -0.4 is 0 Å². The maximum absolute atomic E-state index is 12.9. The first-order valence-electron chi connectivity index (χ1n) is 28.0. The summed E-state index contributed by atoms with van der Waals surface area (Å²) in [6.07, 6.45) is 8.17. The molecule has 0 bridgehead atoms. The Labute approximate surface area is 524 Å². The number of fused-ring (bicyclic) bond motifs is 3. The minimum Gasteiger partial charge on any atom is -0.462 e. The Hall–Kier alpha value is -6.43. The van der Waals surface area contributed by atoms with E-state index >= 15 is 0 Å². The summed E-state index contributed by atoms with van der Waals surface area (Å²) >= 11 is 19.3. The molecule has 0 radical (unpaired) electrons. The van der Waals surface area contributed by atoms with Crippen LogP contribution in [0, 0.1) is 24.7 Å². The van der Waals surface area contributed by atoms with Gasteiger partial charge in [0.1, 0.15) is 35.4 Å². The van der Waals surface area contributed by atoms with Crippen molar-refractivity contribution in [3.8, 4) is 54.5 Å². The summed E-state index contributed by atoms with van der Waals surface area (Å²) < 4.78 is 29.7. The van der Waals surface area contributed by atoms with Gasteiger partial charge in [0, 0.05) is 79.6 Å². The van der Waals surface area contributed by atoms with Crippen molar-refractivity contribution in [2.45, 2.75) is 120 Å². The van der Waals surface area contributed by atoms with Crippen molar-refractivity contribution in [1.29, 1.82) is 0 Å². The summed E-state index contributed by atoms with van der Waals surface area (Å²) in [5.41, 5.74) is 12.4. The van der Waals surface area contributed by atoms with Gasteiger partial charge in [-0.2, -0.15) is 5.10 Å². The molecule has 0 spiro atoms. The number of carbonyl (C=O) groups is 2. The molecular formula is C68H71BrCl2N6O6S2. The molecule has 0 aliphatic heterocycles. The Morgan fingerprint density at radius 3 is 1.40 bits per heavy atom. The van der Waals surface area contributed by atoms with Gasteiger partial charge in [0.05, 0.1) is 54.2 Å². The Kier molecular flexibility index (Phi) is 18.6. The zero-order chi connectivity index (χ0) is 61.5. The van der Waals surface area contributed by atoms with Gasteiger partial charge in [0.2, 0.25) is 0 Å². The van der Waals surface area contributed by atoms with Crippen LogP contribution in [0.2, 0.25) is 10.0 Å². The van der Waals surface area contributed by atoms with E-state index in [1.54, 1.807) is 28.9 Å².